The fourth-order valence-electron chi connectivity index (χ4n) is 2.36. The van der Waals surface area contributed by atoms with Crippen molar-refractivity contribution in [3.05, 3.63) is 35.9 Å². The van der Waals surface area contributed by atoms with E-state index in [-0.39, 0.29) is 17.9 Å². The van der Waals surface area contributed by atoms with Crippen LogP contribution < -0.4 is 5.32 Å². The van der Waals surface area contributed by atoms with Gasteiger partial charge >= 0.3 is 0 Å². The second kappa shape index (κ2) is 8.39. The predicted molar refractivity (Wildman–Crippen MR) is 82.6 cm³/mol. The summed E-state index contributed by atoms with van der Waals surface area (Å²) >= 11 is 0. The summed E-state index contributed by atoms with van der Waals surface area (Å²) in [6.45, 7) is 2.87. The van der Waals surface area contributed by atoms with Crippen LogP contribution in [0.2, 0.25) is 0 Å². The largest absolute Gasteiger partial charge is 0.375 e. The van der Waals surface area contributed by atoms with E-state index in [4.69, 9.17) is 4.74 Å². The van der Waals surface area contributed by atoms with Gasteiger partial charge in [-0.1, -0.05) is 37.3 Å². The van der Waals surface area contributed by atoms with Crippen LogP contribution in [-0.2, 0) is 14.6 Å². The molecule has 0 radical (unpaired) electrons. The molecule has 0 spiro atoms. The number of benzene rings is 1. The van der Waals surface area contributed by atoms with E-state index in [0.717, 1.165) is 18.5 Å². The maximum Gasteiger partial charge on any atom is 0.147 e. The lowest BCUT2D eigenvalue weighted by molar-refractivity contribution is 0.0652. The fourth-order valence-corrected chi connectivity index (χ4v) is 3.05. The first kappa shape index (κ1) is 17.1. The summed E-state index contributed by atoms with van der Waals surface area (Å²) in [4.78, 5) is 0. The van der Waals surface area contributed by atoms with Crippen molar-refractivity contribution in [3.63, 3.8) is 0 Å². The molecule has 0 fully saturated rings. The highest BCUT2D eigenvalue weighted by atomic mass is 32.2. The number of hydrogen-bond acceptors (Lipinski definition) is 4. The van der Waals surface area contributed by atoms with E-state index in [1.807, 2.05) is 37.3 Å². The first-order valence-electron chi connectivity index (χ1n) is 6.96. The van der Waals surface area contributed by atoms with Gasteiger partial charge in [-0.25, -0.2) is 8.42 Å². The lowest BCUT2D eigenvalue weighted by Gasteiger charge is -2.27. The lowest BCUT2D eigenvalue weighted by Crippen LogP contribution is -2.36. The third kappa shape index (κ3) is 6.03. The Balaban J connectivity index is 2.72. The van der Waals surface area contributed by atoms with Gasteiger partial charge < -0.3 is 10.1 Å². The summed E-state index contributed by atoms with van der Waals surface area (Å²) in [5, 5.41) is 3.40. The third-order valence-electron chi connectivity index (χ3n) is 3.24. The maximum atomic E-state index is 11.2. The normalized spacial score (nSPS) is 14.9. The van der Waals surface area contributed by atoms with Crippen LogP contribution in [0.15, 0.2) is 30.3 Å². The van der Waals surface area contributed by atoms with Crippen molar-refractivity contribution in [3.8, 4) is 0 Å². The van der Waals surface area contributed by atoms with Gasteiger partial charge in [-0.3, -0.25) is 0 Å². The van der Waals surface area contributed by atoms with Crippen molar-refractivity contribution < 1.29 is 13.2 Å². The van der Waals surface area contributed by atoms with Gasteiger partial charge in [-0.2, -0.15) is 0 Å². The number of sulfone groups is 1. The Labute approximate surface area is 122 Å². The third-order valence-corrected chi connectivity index (χ3v) is 4.27. The molecule has 4 nitrogen and oxygen atoms in total. The Morgan fingerprint density at radius 3 is 2.40 bits per heavy atom. The monoisotopic (exact) mass is 299 g/mol. The molecule has 0 heterocycles. The molecular formula is C15H25NO3S. The van der Waals surface area contributed by atoms with E-state index in [1.165, 1.54) is 6.26 Å². The lowest BCUT2D eigenvalue weighted by atomic mass is 9.98. The van der Waals surface area contributed by atoms with Crippen LogP contribution in [0, 0.1) is 0 Å². The zero-order chi connectivity index (χ0) is 15.0. The molecule has 0 aliphatic heterocycles. The van der Waals surface area contributed by atoms with Gasteiger partial charge in [0.15, 0.2) is 0 Å². The van der Waals surface area contributed by atoms with Crippen molar-refractivity contribution in [2.45, 2.75) is 31.9 Å². The average Bonchev–Trinajstić information content (AvgIpc) is 2.39. The molecule has 0 amide bonds. The second-order valence-electron chi connectivity index (χ2n) is 5.00. The molecule has 0 aliphatic carbocycles. The summed E-state index contributed by atoms with van der Waals surface area (Å²) in [7, 11) is -1.21. The maximum absolute atomic E-state index is 11.2. The Morgan fingerprint density at radius 1 is 1.25 bits per heavy atom. The Kier molecular flexibility index (Phi) is 7.19. The second-order valence-corrected chi connectivity index (χ2v) is 7.26. The molecule has 0 aromatic heterocycles. The summed E-state index contributed by atoms with van der Waals surface area (Å²) in [5.74, 6) is 0.222. The van der Waals surface area contributed by atoms with Crippen LogP contribution in [0.5, 0.6) is 0 Å². The van der Waals surface area contributed by atoms with Gasteiger partial charge in [0.1, 0.15) is 9.84 Å². The number of hydrogen-bond donors (Lipinski definition) is 1. The topological polar surface area (TPSA) is 55.4 Å². The minimum Gasteiger partial charge on any atom is -0.375 e. The molecule has 0 bridgehead atoms. The van der Waals surface area contributed by atoms with E-state index < -0.39 is 9.84 Å². The molecule has 2 unspecified atom stereocenters. The number of rotatable bonds is 9. The van der Waals surface area contributed by atoms with Gasteiger partial charge in [0.25, 0.3) is 0 Å². The molecule has 114 valence electrons. The van der Waals surface area contributed by atoms with Crippen LogP contribution in [0.4, 0.5) is 0 Å². The minimum atomic E-state index is -2.90. The highest BCUT2D eigenvalue weighted by Crippen LogP contribution is 2.23. The molecule has 0 saturated heterocycles. The quantitative estimate of drug-likeness (QED) is 0.759. The first-order chi connectivity index (χ1) is 9.48. The van der Waals surface area contributed by atoms with Crippen molar-refractivity contribution >= 4 is 9.84 Å². The van der Waals surface area contributed by atoms with Crippen LogP contribution in [-0.4, -0.2) is 40.1 Å². The number of likely N-dealkylation sites (N-methyl/N-ethyl adjacent to an activating group) is 1. The summed E-state index contributed by atoms with van der Waals surface area (Å²) in [6, 6.07) is 10.1. The van der Waals surface area contributed by atoms with E-state index in [9.17, 15) is 8.42 Å². The van der Waals surface area contributed by atoms with Crippen molar-refractivity contribution in [2.75, 3.05) is 25.7 Å². The predicted octanol–water partition coefficient (Wildman–Crippen LogP) is 2.18. The van der Waals surface area contributed by atoms with Crippen LogP contribution in [0.25, 0.3) is 0 Å². The SMILES string of the molecule is CCNC(CCCS(C)(=O)=O)C(OC)c1ccccc1. The van der Waals surface area contributed by atoms with Gasteiger partial charge in [0.2, 0.25) is 0 Å². The Morgan fingerprint density at radius 2 is 1.90 bits per heavy atom. The van der Waals surface area contributed by atoms with Gasteiger partial charge in [0.05, 0.1) is 6.10 Å². The molecule has 20 heavy (non-hydrogen) atoms. The van der Waals surface area contributed by atoms with Crippen LogP contribution in [0.1, 0.15) is 31.4 Å². The standard InChI is InChI=1S/C15H25NO3S/c1-4-16-14(11-8-12-20(3,17)18)15(19-2)13-9-6-5-7-10-13/h5-7,9-10,14-16H,4,8,11-12H2,1-3H3. The smallest absolute Gasteiger partial charge is 0.147 e. The number of nitrogens with one attached hydrogen (secondary N) is 1. The zero-order valence-electron chi connectivity index (χ0n) is 12.5. The molecule has 1 rings (SSSR count). The van der Waals surface area contributed by atoms with Crippen molar-refractivity contribution in [1.82, 2.24) is 5.32 Å². The van der Waals surface area contributed by atoms with E-state index >= 15 is 0 Å². The van der Waals surface area contributed by atoms with Crippen molar-refractivity contribution in [1.29, 1.82) is 0 Å². The molecule has 2 atom stereocenters. The molecule has 0 aliphatic rings. The van der Waals surface area contributed by atoms with Crippen LogP contribution >= 0.6 is 0 Å². The van der Waals surface area contributed by atoms with E-state index in [0.29, 0.717) is 6.42 Å². The summed E-state index contributed by atoms with van der Waals surface area (Å²) in [5.41, 5.74) is 1.11. The molecular weight excluding hydrogens is 274 g/mol. The van der Waals surface area contributed by atoms with Gasteiger partial charge in [0, 0.05) is 25.2 Å². The highest BCUT2D eigenvalue weighted by molar-refractivity contribution is 7.90. The molecule has 5 heteroatoms. The van der Waals surface area contributed by atoms with E-state index in [1.54, 1.807) is 7.11 Å². The summed E-state index contributed by atoms with van der Waals surface area (Å²) < 4.78 is 28.1. The number of ether oxygens (including phenoxy) is 1. The van der Waals surface area contributed by atoms with Crippen molar-refractivity contribution in [2.24, 2.45) is 0 Å². The molecule has 0 saturated carbocycles. The minimum absolute atomic E-state index is 0.0595. The molecule has 1 aromatic carbocycles. The Bertz CT molecular complexity index is 473. The molecule has 1 aromatic rings. The number of methoxy groups -OCH3 is 1. The Hall–Kier alpha value is -0.910. The average molecular weight is 299 g/mol. The summed E-state index contributed by atoms with van der Waals surface area (Å²) in [6.07, 6.45) is 2.63. The first-order valence-corrected chi connectivity index (χ1v) is 9.02. The van der Waals surface area contributed by atoms with Gasteiger partial charge in [-0.15, -0.1) is 0 Å². The highest BCUT2D eigenvalue weighted by Gasteiger charge is 2.22. The molecule has 1 N–H and O–H groups in total. The zero-order valence-corrected chi connectivity index (χ0v) is 13.3. The van der Waals surface area contributed by atoms with Crippen LogP contribution in [0.3, 0.4) is 0 Å². The van der Waals surface area contributed by atoms with E-state index in [2.05, 4.69) is 5.32 Å². The fraction of sp³-hybridized carbons (Fsp3) is 0.600. The van der Waals surface area contributed by atoms with Gasteiger partial charge in [-0.05, 0) is 24.9 Å².